The Bertz CT molecular complexity index is 1500. The molecule has 0 aliphatic carbocycles. The van der Waals surface area contributed by atoms with Crippen molar-refractivity contribution >= 4 is 16.8 Å². The summed E-state index contributed by atoms with van der Waals surface area (Å²) in [6, 6.07) is 11.9. The van der Waals surface area contributed by atoms with Crippen molar-refractivity contribution in [2.45, 2.75) is 18.9 Å². The SMILES string of the molecule is C=C(N)C(=O)N1CCCC(n2nc(-c3ccc(Oc4cccc(OC)c4F)cc3)c3cncc(OC)c32)C1. The number of carbonyl (C=O) groups excluding carboxylic acids is 1. The van der Waals surface area contributed by atoms with Crippen LogP contribution in [0.15, 0.2) is 67.1 Å². The van der Waals surface area contributed by atoms with E-state index in [9.17, 15) is 9.18 Å². The number of amides is 1. The normalized spacial score (nSPS) is 15.3. The number of fused-ring (bicyclic) bond motifs is 1. The molecule has 9 nitrogen and oxygen atoms in total. The molecule has 1 atom stereocenters. The minimum atomic E-state index is -0.569. The molecule has 0 radical (unpaired) electrons. The van der Waals surface area contributed by atoms with Crippen molar-refractivity contribution in [3.05, 3.63) is 73.0 Å². The maximum Gasteiger partial charge on any atom is 0.269 e. The zero-order chi connectivity index (χ0) is 26.8. The molecule has 5 rings (SSSR count). The number of benzene rings is 2. The number of methoxy groups -OCH3 is 2. The van der Waals surface area contributed by atoms with Gasteiger partial charge in [-0.3, -0.25) is 14.5 Å². The first-order valence-electron chi connectivity index (χ1n) is 12.2. The van der Waals surface area contributed by atoms with Gasteiger partial charge in [0.15, 0.2) is 17.2 Å². The van der Waals surface area contributed by atoms with E-state index in [-0.39, 0.29) is 29.1 Å². The molecule has 4 aromatic rings. The van der Waals surface area contributed by atoms with Crippen molar-refractivity contribution in [3.8, 4) is 34.3 Å². The Kier molecular flexibility index (Phi) is 6.87. The summed E-state index contributed by atoms with van der Waals surface area (Å²) in [6.07, 6.45) is 5.04. The lowest BCUT2D eigenvalue weighted by atomic mass is 10.0. The van der Waals surface area contributed by atoms with Crippen LogP contribution in [0.1, 0.15) is 18.9 Å². The molecule has 38 heavy (non-hydrogen) atoms. The summed E-state index contributed by atoms with van der Waals surface area (Å²) >= 11 is 0. The lowest BCUT2D eigenvalue weighted by Gasteiger charge is -2.33. The Hall–Kier alpha value is -4.60. The highest BCUT2D eigenvalue weighted by molar-refractivity contribution is 5.96. The van der Waals surface area contributed by atoms with Gasteiger partial charge in [-0.25, -0.2) is 0 Å². The van der Waals surface area contributed by atoms with Crippen molar-refractivity contribution < 1.29 is 23.4 Å². The molecule has 2 aromatic heterocycles. The second-order valence-electron chi connectivity index (χ2n) is 9.00. The van der Waals surface area contributed by atoms with Gasteiger partial charge in [0, 0.05) is 24.8 Å². The maximum atomic E-state index is 14.5. The number of nitrogens with two attached hydrogens (primary N) is 1. The molecule has 0 spiro atoms. The topological polar surface area (TPSA) is 105 Å². The molecule has 2 aromatic carbocycles. The highest BCUT2D eigenvalue weighted by atomic mass is 19.1. The lowest BCUT2D eigenvalue weighted by molar-refractivity contribution is -0.128. The van der Waals surface area contributed by atoms with Crippen molar-refractivity contribution in [1.29, 1.82) is 0 Å². The third kappa shape index (κ3) is 4.60. The fourth-order valence-electron chi connectivity index (χ4n) is 4.76. The van der Waals surface area contributed by atoms with E-state index < -0.39 is 5.82 Å². The van der Waals surface area contributed by atoms with Gasteiger partial charge in [-0.05, 0) is 49.2 Å². The van der Waals surface area contributed by atoms with Crippen LogP contribution in [-0.2, 0) is 4.79 Å². The minimum Gasteiger partial charge on any atom is -0.494 e. The molecule has 3 heterocycles. The largest absolute Gasteiger partial charge is 0.494 e. The second kappa shape index (κ2) is 10.4. The van der Waals surface area contributed by atoms with Crippen molar-refractivity contribution in [2.75, 3.05) is 27.3 Å². The smallest absolute Gasteiger partial charge is 0.269 e. The number of halogens is 1. The molecule has 196 valence electrons. The quantitative estimate of drug-likeness (QED) is 0.355. The zero-order valence-corrected chi connectivity index (χ0v) is 21.2. The highest BCUT2D eigenvalue weighted by Crippen LogP contribution is 2.37. The molecule has 1 saturated heterocycles. The molecule has 1 amide bonds. The average molecular weight is 518 g/mol. The summed E-state index contributed by atoms with van der Waals surface area (Å²) < 4.78 is 32.9. The third-order valence-electron chi connectivity index (χ3n) is 6.60. The first kappa shape index (κ1) is 25.1. The summed E-state index contributed by atoms with van der Waals surface area (Å²) in [7, 11) is 2.99. The molecule has 2 N–H and O–H groups in total. The van der Waals surface area contributed by atoms with Gasteiger partial charge in [-0.2, -0.15) is 9.49 Å². The standard InChI is InChI=1S/C28H28FN5O4/c1-17(30)28(35)33-13-5-6-19(16-33)34-27-21(14-31-15-24(27)37-3)26(32-34)18-9-11-20(12-10-18)38-23-8-4-7-22(36-2)25(23)29/h4,7-12,14-15,19H,1,5-6,13,16,30H2,2-3H3. The molecule has 0 saturated carbocycles. The number of ether oxygens (including phenoxy) is 3. The van der Waals surface area contributed by atoms with Gasteiger partial charge >= 0.3 is 0 Å². The van der Waals surface area contributed by atoms with Gasteiger partial charge in [0.25, 0.3) is 5.91 Å². The fraction of sp³-hybridized carbons (Fsp3) is 0.250. The average Bonchev–Trinajstić information content (AvgIpc) is 3.34. The Morgan fingerprint density at radius 1 is 1.08 bits per heavy atom. The summed E-state index contributed by atoms with van der Waals surface area (Å²) in [4.78, 5) is 18.6. The van der Waals surface area contributed by atoms with Crippen molar-refractivity contribution in [3.63, 3.8) is 0 Å². The second-order valence-corrected chi connectivity index (χ2v) is 9.00. The summed E-state index contributed by atoms with van der Waals surface area (Å²) in [6.45, 7) is 4.67. The number of nitrogens with zero attached hydrogens (tertiary/aromatic N) is 4. The Balaban J connectivity index is 1.50. The van der Waals surface area contributed by atoms with Gasteiger partial charge < -0.3 is 24.8 Å². The zero-order valence-electron chi connectivity index (χ0n) is 21.2. The Labute approximate surface area is 219 Å². The maximum absolute atomic E-state index is 14.5. The predicted octanol–water partition coefficient (Wildman–Crippen LogP) is 4.68. The van der Waals surface area contributed by atoms with Gasteiger partial charge in [0.2, 0.25) is 5.82 Å². The van der Waals surface area contributed by atoms with Gasteiger partial charge in [-0.15, -0.1) is 0 Å². The van der Waals surface area contributed by atoms with Gasteiger partial charge in [0.1, 0.15) is 17.0 Å². The highest BCUT2D eigenvalue weighted by Gasteiger charge is 2.29. The number of hydrogen-bond acceptors (Lipinski definition) is 7. The van der Waals surface area contributed by atoms with E-state index in [1.165, 1.54) is 19.2 Å². The lowest BCUT2D eigenvalue weighted by Crippen LogP contribution is -2.42. The Morgan fingerprint density at radius 2 is 1.82 bits per heavy atom. The number of carbonyl (C=O) groups is 1. The summed E-state index contributed by atoms with van der Waals surface area (Å²) in [5.41, 5.74) is 8.02. The van der Waals surface area contributed by atoms with Crippen LogP contribution in [0.5, 0.6) is 23.0 Å². The van der Waals surface area contributed by atoms with Gasteiger partial charge in [-0.1, -0.05) is 12.6 Å². The van der Waals surface area contributed by atoms with E-state index in [2.05, 4.69) is 11.6 Å². The van der Waals surface area contributed by atoms with Crippen LogP contribution in [0, 0.1) is 5.82 Å². The van der Waals surface area contributed by atoms with Crippen molar-refractivity contribution in [2.24, 2.45) is 5.73 Å². The van der Waals surface area contributed by atoms with E-state index in [0.717, 1.165) is 29.3 Å². The minimum absolute atomic E-state index is 0.0228. The summed E-state index contributed by atoms with van der Waals surface area (Å²) in [5, 5.41) is 5.78. The van der Waals surface area contributed by atoms with Gasteiger partial charge in [0.05, 0.1) is 37.5 Å². The number of likely N-dealkylation sites (tertiary alicyclic amines) is 1. The summed E-state index contributed by atoms with van der Waals surface area (Å²) in [5.74, 6) is 0.391. The van der Waals surface area contributed by atoms with Crippen LogP contribution < -0.4 is 19.9 Å². The van der Waals surface area contributed by atoms with Crippen LogP contribution in [-0.4, -0.2) is 52.9 Å². The van der Waals surface area contributed by atoms with E-state index in [1.54, 1.807) is 42.6 Å². The van der Waals surface area contributed by atoms with Crippen LogP contribution in [0.25, 0.3) is 22.2 Å². The first-order chi connectivity index (χ1) is 18.4. The number of pyridine rings is 1. The van der Waals surface area contributed by atoms with Crippen LogP contribution in [0.3, 0.4) is 0 Å². The first-order valence-corrected chi connectivity index (χ1v) is 12.2. The molecule has 1 aliphatic heterocycles. The van der Waals surface area contributed by atoms with Crippen LogP contribution in [0.4, 0.5) is 4.39 Å². The molecular formula is C28H28FN5O4. The predicted molar refractivity (Wildman–Crippen MR) is 141 cm³/mol. The molecule has 10 heteroatoms. The number of aromatic nitrogens is 3. The van der Waals surface area contributed by atoms with Crippen LogP contribution >= 0.6 is 0 Å². The van der Waals surface area contributed by atoms with E-state index >= 15 is 0 Å². The number of rotatable bonds is 7. The molecule has 1 unspecified atom stereocenters. The van der Waals surface area contributed by atoms with Crippen molar-refractivity contribution in [1.82, 2.24) is 19.7 Å². The third-order valence-corrected chi connectivity index (χ3v) is 6.60. The van der Waals surface area contributed by atoms with Crippen LogP contribution in [0.2, 0.25) is 0 Å². The van der Waals surface area contributed by atoms with E-state index in [4.69, 9.17) is 25.0 Å². The van der Waals surface area contributed by atoms with E-state index in [1.807, 2.05) is 16.8 Å². The number of piperidine rings is 1. The molecule has 1 aliphatic rings. The van der Waals surface area contributed by atoms with E-state index in [0.29, 0.717) is 30.3 Å². The molecular weight excluding hydrogens is 489 g/mol. The monoisotopic (exact) mass is 517 g/mol. The molecule has 0 bridgehead atoms. The fourth-order valence-corrected chi connectivity index (χ4v) is 4.76. The number of hydrogen-bond donors (Lipinski definition) is 1. The molecule has 1 fully saturated rings. The Morgan fingerprint density at radius 3 is 2.53 bits per heavy atom.